The van der Waals surface area contributed by atoms with E-state index in [4.69, 9.17) is 9.47 Å². The number of benzene rings is 2. The fourth-order valence-electron chi connectivity index (χ4n) is 2.35. The Kier molecular flexibility index (Phi) is 14.1. The first-order chi connectivity index (χ1) is 14.5. The molecule has 0 heterocycles. The minimum absolute atomic E-state index is 0.0161. The maximum atomic E-state index is 12.8. The highest BCUT2D eigenvalue weighted by molar-refractivity contribution is 6.14. The van der Waals surface area contributed by atoms with Crippen LogP contribution in [-0.2, 0) is 14.3 Å². The van der Waals surface area contributed by atoms with Gasteiger partial charge in [-0.2, -0.15) is 0 Å². The van der Waals surface area contributed by atoms with E-state index in [1.807, 2.05) is 33.8 Å². The quantitative estimate of drug-likeness (QED) is 0.470. The van der Waals surface area contributed by atoms with Gasteiger partial charge in [-0.1, -0.05) is 58.0 Å². The third kappa shape index (κ3) is 8.90. The number of ketones is 1. The van der Waals surface area contributed by atoms with Gasteiger partial charge in [0, 0.05) is 17.5 Å². The van der Waals surface area contributed by atoms with Gasteiger partial charge in [0.2, 0.25) is 5.91 Å². The lowest BCUT2D eigenvalue weighted by molar-refractivity contribution is -0.144. The van der Waals surface area contributed by atoms with Crippen LogP contribution in [0.15, 0.2) is 48.5 Å². The Labute approximate surface area is 179 Å². The molecule has 0 aliphatic heterocycles. The molecule has 0 saturated heterocycles. The molecule has 0 aliphatic rings. The summed E-state index contributed by atoms with van der Waals surface area (Å²) in [6, 6.07) is 13.6. The molecule has 0 unspecified atom stereocenters. The van der Waals surface area contributed by atoms with E-state index in [0.717, 1.165) is 0 Å². The van der Waals surface area contributed by atoms with Crippen molar-refractivity contribution in [2.24, 2.45) is 0 Å². The Bertz CT molecular complexity index is 787. The van der Waals surface area contributed by atoms with Gasteiger partial charge in [0.05, 0.1) is 25.8 Å². The Balaban J connectivity index is 0.00000198. The summed E-state index contributed by atoms with van der Waals surface area (Å²) in [4.78, 5) is 36.3. The zero-order valence-corrected chi connectivity index (χ0v) is 18.8. The van der Waals surface area contributed by atoms with Gasteiger partial charge in [0.15, 0.2) is 5.78 Å². The average Bonchev–Trinajstić information content (AvgIpc) is 2.81. The number of hydrogen-bond acceptors (Lipinski definition) is 5. The first kappa shape index (κ1) is 26.9. The number of ether oxygens (including phenoxy) is 2. The fraction of sp³-hybridized carbons (Fsp3) is 0.375. The Morgan fingerprint density at radius 1 is 0.900 bits per heavy atom. The van der Waals surface area contributed by atoms with Gasteiger partial charge in [-0.15, -0.1) is 0 Å². The molecule has 0 aliphatic carbocycles. The summed E-state index contributed by atoms with van der Waals surface area (Å²) >= 11 is 0. The number of nitrogens with one attached hydrogen (secondary N) is 1. The second kappa shape index (κ2) is 15.7. The molecular formula is C24H33NO5. The van der Waals surface area contributed by atoms with Crippen LogP contribution in [0.25, 0.3) is 0 Å². The predicted molar refractivity (Wildman–Crippen MR) is 120 cm³/mol. The molecule has 0 radical (unpaired) electrons. The molecule has 2 aromatic carbocycles. The van der Waals surface area contributed by atoms with Crippen LogP contribution in [0.2, 0.25) is 0 Å². The van der Waals surface area contributed by atoms with Crippen LogP contribution < -0.4 is 10.1 Å². The summed E-state index contributed by atoms with van der Waals surface area (Å²) in [6.45, 7) is 9.98. The lowest BCUT2D eigenvalue weighted by Gasteiger charge is -2.12. The molecule has 6 nitrogen and oxygen atoms in total. The number of rotatable bonds is 8. The van der Waals surface area contributed by atoms with Crippen molar-refractivity contribution in [1.82, 2.24) is 0 Å². The first-order valence-corrected chi connectivity index (χ1v) is 10.3. The Morgan fingerprint density at radius 3 is 2.10 bits per heavy atom. The SMILES string of the molecule is CC.CC.CCOC(=O)CCC(=O)Nc1ccc(OC)cc1C(=O)c1ccccc1. The molecule has 0 bridgehead atoms. The van der Waals surface area contributed by atoms with E-state index in [1.54, 1.807) is 49.4 Å². The van der Waals surface area contributed by atoms with E-state index in [9.17, 15) is 14.4 Å². The Morgan fingerprint density at radius 2 is 1.53 bits per heavy atom. The molecule has 1 N–H and O–H groups in total. The minimum Gasteiger partial charge on any atom is -0.497 e. The third-order valence-corrected chi connectivity index (χ3v) is 3.64. The van der Waals surface area contributed by atoms with Crippen LogP contribution in [0, 0.1) is 0 Å². The van der Waals surface area contributed by atoms with Gasteiger partial charge in [-0.05, 0) is 25.1 Å². The number of methoxy groups -OCH3 is 1. The van der Waals surface area contributed by atoms with Gasteiger partial charge >= 0.3 is 5.97 Å². The molecule has 2 rings (SSSR count). The summed E-state index contributed by atoms with van der Waals surface area (Å²) in [6.07, 6.45) is -0.0401. The number of hydrogen-bond donors (Lipinski definition) is 1. The second-order valence-electron chi connectivity index (χ2n) is 5.46. The van der Waals surface area contributed by atoms with Gasteiger partial charge in [-0.25, -0.2) is 0 Å². The molecule has 0 saturated carbocycles. The largest absolute Gasteiger partial charge is 0.497 e. The second-order valence-corrected chi connectivity index (χ2v) is 5.46. The van der Waals surface area contributed by atoms with Gasteiger partial charge in [0.1, 0.15) is 5.75 Å². The van der Waals surface area contributed by atoms with Crippen LogP contribution in [-0.4, -0.2) is 31.4 Å². The summed E-state index contributed by atoms with van der Waals surface area (Å²) < 4.78 is 9.98. The summed E-state index contributed by atoms with van der Waals surface area (Å²) in [5, 5.41) is 2.69. The van der Waals surface area contributed by atoms with Gasteiger partial charge in [0.25, 0.3) is 0 Å². The van der Waals surface area contributed by atoms with Crippen LogP contribution in [0.4, 0.5) is 5.69 Å². The van der Waals surface area contributed by atoms with Crippen molar-refractivity contribution in [2.45, 2.75) is 47.5 Å². The normalized spacial score (nSPS) is 9.13. The Hall–Kier alpha value is -3.15. The van der Waals surface area contributed by atoms with Gasteiger partial charge < -0.3 is 14.8 Å². The highest BCUT2D eigenvalue weighted by atomic mass is 16.5. The smallest absolute Gasteiger partial charge is 0.306 e. The highest BCUT2D eigenvalue weighted by Gasteiger charge is 2.17. The van der Waals surface area contributed by atoms with Crippen molar-refractivity contribution in [2.75, 3.05) is 19.0 Å². The van der Waals surface area contributed by atoms with E-state index < -0.39 is 5.97 Å². The summed E-state index contributed by atoms with van der Waals surface area (Å²) in [5.74, 6) is -0.526. The lowest BCUT2D eigenvalue weighted by atomic mass is 10.0. The van der Waals surface area contributed by atoms with E-state index in [2.05, 4.69) is 5.32 Å². The molecule has 0 fully saturated rings. The van der Waals surface area contributed by atoms with Crippen molar-refractivity contribution in [3.63, 3.8) is 0 Å². The van der Waals surface area contributed by atoms with Gasteiger partial charge in [-0.3, -0.25) is 14.4 Å². The van der Waals surface area contributed by atoms with Crippen LogP contribution in [0.5, 0.6) is 5.75 Å². The number of esters is 1. The zero-order chi connectivity index (χ0) is 22.9. The zero-order valence-electron chi connectivity index (χ0n) is 18.8. The van der Waals surface area contributed by atoms with Crippen molar-refractivity contribution in [3.8, 4) is 5.75 Å². The highest BCUT2D eigenvalue weighted by Crippen LogP contribution is 2.25. The maximum absolute atomic E-state index is 12.8. The molecule has 164 valence electrons. The minimum atomic E-state index is -0.432. The third-order valence-electron chi connectivity index (χ3n) is 3.64. The lowest BCUT2D eigenvalue weighted by Crippen LogP contribution is -2.17. The standard InChI is InChI=1S/C20H21NO5.2C2H6/c1-3-26-19(23)12-11-18(22)21-17-10-9-15(25-2)13-16(17)20(24)14-7-5-4-6-8-14;2*1-2/h4-10,13H,3,11-12H2,1-2H3,(H,21,22);2*1-2H3. The topological polar surface area (TPSA) is 81.7 Å². The maximum Gasteiger partial charge on any atom is 0.306 e. The van der Waals surface area contributed by atoms with Crippen molar-refractivity contribution < 1.29 is 23.9 Å². The fourth-order valence-corrected chi connectivity index (χ4v) is 2.35. The number of amides is 1. The number of carbonyl (C=O) groups is 3. The van der Waals surface area contributed by atoms with E-state index >= 15 is 0 Å². The molecule has 0 spiro atoms. The number of anilines is 1. The molecule has 2 aromatic rings. The van der Waals surface area contributed by atoms with Crippen LogP contribution >= 0.6 is 0 Å². The predicted octanol–water partition coefficient (Wildman–Crippen LogP) is 5.26. The van der Waals surface area contributed by atoms with Crippen LogP contribution in [0.3, 0.4) is 0 Å². The van der Waals surface area contributed by atoms with E-state index in [-0.39, 0.29) is 31.1 Å². The molecule has 6 heteroatoms. The van der Waals surface area contributed by atoms with Crippen molar-refractivity contribution in [3.05, 3.63) is 59.7 Å². The summed E-state index contributed by atoms with van der Waals surface area (Å²) in [5.41, 5.74) is 1.19. The molecular weight excluding hydrogens is 382 g/mol. The van der Waals surface area contributed by atoms with E-state index in [0.29, 0.717) is 22.6 Å². The first-order valence-electron chi connectivity index (χ1n) is 10.3. The monoisotopic (exact) mass is 415 g/mol. The van der Waals surface area contributed by atoms with Crippen molar-refractivity contribution >= 4 is 23.3 Å². The summed E-state index contributed by atoms with van der Waals surface area (Å²) in [7, 11) is 1.50. The van der Waals surface area contributed by atoms with E-state index in [1.165, 1.54) is 7.11 Å². The molecule has 30 heavy (non-hydrogen) atoms. The molecule has 0 atom stereocenters. The van der Waals surface area contributed by atoms with Crippen molar-refractivity contribution in [1.29, 1.82) is 0 Å². The number of carbonyl (C=O) groups excluding carboxylic acids is 3. The van der Waals surface area contributed by atoms with Crippen LogP contribution in [0.1, 0.15) is 63.4 Å². The average molecular weight is 416 g/mol. The molecule has 1 amide bonds. The molecule has 0 aromatic heterocycles.